The van der Waals surface area contributed by atoms with Crippen molar-refractivity contribution in [3.63, 3.8) is 0 Å². The van der Waals surface area contributed by atoms with Gasteiger partial charge in [-0.25, -0.2) is 4.79 Å². The number of nitrogens with zero attached hydrogens (tertiary/aromatic N) is 1. The van der Waals surface area contributed by atoms with Crippen molar-refractivity contribution in [2.75, 3.05) is 20.8 Å². The summed E-state index contributed by atoms with van der Waals surface area (Å²) in [5.41, 5.74) is 1.21. The van der Waals surface area contributed by atoms with Crippen LogP contribution in [0.3, 0.4) is 0 Å². The summed E-state index contributed by atoms with van der Waals surface area (Å²) < 4.78 is 5.02. The number of hydrogen-bond acceptors (Lipinski definition) is 3. The minimum Gasteiger partial charge on any atom is -0.478 e. The Hall–Kier alpha value is -1.88. The first kappa shape index (κ1) is 16.2. The number of carboxylic acids is 1. The molecule has 0 aliphatic carbocycles. The molecule has 0 aliphatic rings. The molecule has 0 aliphatic heterocycles. The van der Waals surface area contributed by atoms with Gasteiger partial charge in [0.15, 0.2) is 0 Å². The van der Waals surface area contributed by atoms with Crippen LogP contribution in [0.2, 0.25) is 0 Å². The van der Waals surface area contributed by atoms with E-state index in [1.807, 2.05) is 6.92 Å². The molecule has 0 fully saturated rings. The molecule has 1 atom stereocenters. The largest absolute Gasteiger partial charge is 0.478 e. The van der Waals surface area contributed by atoms with Gasteiger partial charge in [-0.3, -0.25) is 4.79 Å². The van der Waals surface area contributed by atoms with E-state index in [9.17, 15) is 9.59 Å². The number of likely N-dealkylation sites (N-methyl/N-ethyl adjacent to an activating group) is 1. The molecule has 0 heterocycles. The van der Waals surface area contributed by atoms with E-state index < -0.39 is 5.97 Å². The number of carbonyl (C=O) groups is 2. The van der Waals surface area contributed by atoms with Gasteiger partial charge in [-0.05, 0) is 31.0 Å². The predicted molar refractivity (Wildman–Crippen MR) is 75.8 cm³/mol. The number of hydrogen-bond donors (Lipinski definition) is 1. The molecule has 0 radical (unpaired) electrons. The third kappa shape index (κ3) is 4.66. The molecule has 1 aromatic rings. The zero-order chi connectivity index (χ0) is 15.1. The van der Waals surface area contributed by atoms with Gasteiger partial charge >= 0.3 is 5.97 Å². The lowest BCUT2D eigenvalue weighted by atomic mass is 10.1. The molecule has 20 heavy (non-hydrogen) atoms. The van der Waals surface area contributed by atoms with E-state index in [4.69, 9.17) is 9.84 Å². The van der Waals surface area contributed by atoms with Gasteiger partial charge in [0.2, 0.25) is 5.91 Å². The number of carboxylic acid groups (broad SMARTS) is 1. The molecule has 5 heteroatoms. The average molecular weight is 279 g/mol. The van der Waals surface area contributed by atoms with Crippen molar-refractivity contribution in [3.8, 4) is 0 Å². The highest BCUT2D eigenvalue weighted by Gasteiger charge is 2.15. The van der Waals surface area contributed by atoms with Crippen LogP contribution in [-0.2, 0) is 16.0 Å². The topological polar surface area (TPSA) is 66.8 Å². The SMILES string of the molecule is COCC(C)N(C)C(=O)CCc1ccc(C(=O)O)cc1. The minimum absolute atomic E-state index is 0.0434. The van der Waals surface area contributed by atoms with Crippen molar-refractivity contribution < 1.29 is 19.4 Å². The Kier molecular flexibility index (Phi) is 6.18. The van der Waals surface area contributed by atoms with E-state index in [2.05, 4.69) is 0 Å². The summed E-state index contributed by atoms with van der Waals surface area (Å²) in [6, 6.07) is 6.64. The number of amides is 1. The first-order valence-electron chi connectivity index (χ1n) is 6.52. The maximum Gasteiger partial charge on any atom is 0.335 e. The third-order valence-electron chi connectivity index (χ3n) is 3.29. The van der Waals surface area contributed by atoms with Crippen LogP contribution < -0.4 is 0 Å². The third-order valence-corrected chi connectivity index (χ3v) is 3.29. The summed E-state index contributed by atoms with van der Waals surface area (Å²) in [6.07, 6.45) is 1.000. The first-order valence-corrected chi connectivity index (χ1v) is 6.52. The number of benzene rings is 1. The average Bonchev–Trinajstić information content (AvgIpc) is 2.44. The Bertz CT molecular complexity index is 455. The molecule has 1 amide bonds. The van der Waals surface area contributed by atoms with Crippen LogP contribution in [0.15, 0.2) is 24.3 Å². The molecule has 1 rings (SSSR count). The molecular formula is C15H21NO4. The summed E-state index contributed by atoms with van der Waals surface area (Å²) in [6.45, 7) is 2.44. The van der Waals surface area contributed by atoms with Crippen LogP contribution in [0.25, 0.3) is 0 Å². The number of ether oxygens (including phenoxy) is 1. The highest BCUT2D eigenvalue weighted by molar-refractivity contribution is 5.87. The van der Waals surface area contributed by atoms with Gasteiger partial charge in [0, 0.05) is 20.6 Å². The molecule has 1 aromatic carbocycles. The summed E-state index contributed by atoms with van der Waals surface area (Å²) in [7, 11) is 3.37. The Balaban J connectivity index is 2.50. The van der Waals surface area contributed by atoms with Crippen molar-refractivity contribution >= 4 is 11.9 Å². The molecule has 1 N–H and O–H groups in total. The van der Waals surface area contributed by atoms with Crippen LogP contribution in [0.4, 0.5) is 0 Å². The zero-order valence-corrected chi connectivity index (χ0v) is 12.1. The summed E-state index contributed by atoms with van der Waals surface area (Å²) >= 11 is 0. The van der Waals surface area contributed by atoms with Crippen molar-refractivity contribution in [1.29, 1.82) is 0 Å². The maximum absolute atomic E-state index is 12.0. The molecule has 0 spiro atoms. The lowest BCUT2D eigenvalue weighted by Crippen LogP contribution is -2.37. The fraction of sp³-hybridized carbons (Fsp3) is 0.467. The molecule has 110 valence electrons. The molecule has 1 unspecified atom stereocenters. The van der Waals surface area contributed by atoms with Gasteiger partial charge in [-0.2, -0.15) is 0 Å². The quantitative estimate of drug-likeness (QED) is 0.826. The summed E-state index contributed by atoms with van der Waals surface area (Å²) in [4.78, 5) is 24.4. The van der Waals surface area contributed by atoms with Crippen LogP contribution in [0.5, 0.6) is 0 Å². The Morgan fingerprint density at radius 2 is 1.90 bits per heavy atom. The molecule has 0 bridgehead atoms. The van der Waals surface area contributed by atoms with Gasteiger partial charge in [0.05, 0.1) is 18.2 Å². The smallest absolute Gasteiger partial charge is 0.335 e. The van der Waals surface area contributed by atoms with Crippen LogP contribution >= 0.6 is 0 Å². The van der Waals surface area contributed by atoms with E-state index >= 15 is 0 Å². The molecule has 0 saturated heterocycles. The fourth-order valence-corrected chi connectivity index (χ4v) is 1.84. The van der Waals surface area contributed by atoms with E-state index in [0.29, 0.717) is 19.4 Å². The molecule has 0 aromatic heterocycles. The second kappa shape index (κ2) is 7.65. The summed E-state index contributed by atoms with van der Waals surface area (Å²) in [5.74, 6) is -0.891. The predicted octanol–water partition coefficient (Wildman–Crippen LogP) is 1.81. The number of aromatic carboxylic acids is 1. The van der Waals surface area contributed by atoms with Gasteiger partial charge in [0.25, 0.3) is 0 Å². The highest BCUT2D eigenvalue weighted by Crippen LogP contribution is 2.09. The number of aryl methyl sites for hydroxylation is 1. The van der Waals surface area contributed by atoms with Crippen molar-refractivity contribution in [2.45, 2.75) is 25.8 Å². The lowest BCUT2D eigenvalue weighted by molar-refractivity contribution is -0.132. The van der Waals surface area contributed by atoms with Crippen molar-refractivity contribution in [3.05, 3.63) is 35.4 Å². The number of rotatable bonds is 7. The second-order valence-electron chi connectivity index (χ2n) is 4.81. The van der Waals surface area contributed by atoms with Gasteiger partial charge in [-0.1, -0.05) is 12.1 Å². The zero-order valence-electron chi connectivity index (χ0n) is 12.1. The highest BCUT2D eigenvalue weighted by atomic mass is 16.5. The second-order valence-corrected chi connectivity index (χ2v) is 4.81. The Morgan fingerprint density at radius 3 is 2.40 bits per heavy atom. The minimum atomic E-state index is -0.944. The Morgan fingerprint density at radius 1 is 1.30 bits per heavy atom. The van der Waals surface area contributed by atoms with Gasteiger partial charge < -0.3 is 14.7 Å². The van der Waals surface area contributed by atoms with Gasteiger partial charge in [-0.15, -0.1) is 0 Å². The molecule has 5 nitrogen and oxygen atoms in total. The first-order chi connectivity index (χ1) is 9.45. The Labute approximate surface area is 119 Å². The number of methoxy groups -OCH3 is 1. The van der Waals surface area contributed by atoms with Crippen LogP contribution in [0.1, 0.15) is 29.3 Å². The van der Waals surface area contributed by atoms with E-state index in [0.717, 1.165) is 5.56 Å². The number of carbonyl (C=O) groups excluding carboxylic acids is 1. The standard InChI is InChI=1S/C15H21NO4/c1-11(10-20-3)16(2)14(17)9-6-12-4-7-13(8-5-12)15(18)19/h4-5,7-8,11H,6,9-10H2,1-3H3,(H,18,19). The molecular weight excluding hydrogens is 258 g/mol. The van der Waals surface area contributed by atoms with E-state index in [-0.39, 0.29) is 17.5 Å². The normalized spacial score (nSPS) is 11.9. The fourth-order valence-electron chi connectivity index (χ4n) is 1.84. The van der Waals surface area contributed by atoms with Crippen LogP contribution in [-0.4, -0.2) is 48.7 Å². The maximum atomic E-state index is 12.0. The molecule has 0 saturated carbocycles. The van der Waals surface area contributed by atoms with Crippen molar-refractivity contribution in [1.82, 2.24) is 4.90 Å². The monoisotopic (exact) mass is 279 g/mol. The lowest BCUT2D eigenvalue weighted by Gasteiger charge is -2.24. The van der Waals surface area contributed by atoms with Crippen LogP contribution in [0, 0.1) is 0 Å². The van der Waals surface area contributed by atoms with Crippen molar-refractivity contribution in [2.24, 2.45) is 0 Å². The van der Waals surface area contributed by atoms with E-state index in [1.54, 1.807) is 43.3 Å². The van der Waals surface area contributed by atoms with E-state index in [1.165, 1.54) is 0 Å². The summed E-state index contributed by atoms with van der Waals surface area (Å²) in [5, 5.41) is 8.81. The van der Waals surface area contributed by atoms with Gasteiger partial charge in [0.1, 0.15) is 0 Å².